The Morgan fingerprint density at radius 2 is 1.96 bits per heavy atom. The normalized spacial score (nSPS) is 22.9. The Kier molecular flexibility index (Phi) is 5.20. The van der Waals surface area contributed by atoms with Crippen LogP contribution in [0.3, 0.4) is 0 Å². The molecule has 0 saturated carbocycles. The molecule has 5 rings (SSSR count). The number of thiophene rings is 1. The van der Waals surface area contributed by atoms with Crippen molar-refractivity contribution >= 4 is 17.2 Å². The Morgan fingerprint density at radius 3 is 2.86 bits per heavy atom. The van der Waals surface area contributed by atoms with E-state index in [-0.39, 0.29) is 11.9 Å². The van der Waals surface area contributed by atoms with E-state index in [1.807, 2.05) is 0 Å². The van der Waals surface area contributed by atoms with Crippen LogP contribution in [0.5, 0.6) is 0 Å². The molecule has 0 radical (unpaired) electrons. The van der Waals surface area contributed by atoms with Crippen LogP contribution in [0.4, 0.5) is 0 Å². The fraction of sp³-hybridized carbons (Fsp3) is 0.667. The minimum Gasteiger partial charge on any atom is -0.381 e. The molecule has 1 N–H and O–H groups in total. The molecule has 7 heteroatoms. The van der Waals surface area contributed by atoms with Gasteiger partial charge in [-0.3, -0.25) is 4.79 Å². The van der Waals surface area contributed by atoms with Crippen LogP contribution in [0, 0.1) is 0 Å². The molecule has 2 aromatic heterocycles. The molecule has 28 heavy (non-hydrogen) atoms. The van der Waals surface area contributed by atoms with Crippen molar-refractivity contribution in [1.29, 1.82) is 0 Å². The highest BCUT2D eigenvalue weighted by Gasteiger charge is 2.27. The number of nitrogens with zero attached hydrogens (tertiary/aromatic N) is 3. The maximum atomic E-state index is 12.9. The van der Waals surface area contributed by atoms with Gasteiger partial charge in [0.05, 0.1) is 5.56 Å². The molecule has 1 unspecified atom stereocenters. The summed E-state index contributed by atoms with van der Waals surface area (Å²) in [6.45, 7) is 2.52. The molecule has 2 aromatic rings. The summed E-state index contributed by atoms with van der Waals surface area (Å²) in [7, 11) is 0. The van der Waals surface area contributed by atoms with Crippen LogP contribution in [-0.4, -0.2) is 39.9 Å². The van der Waals surface area contributed by atoms with Crippen molar-refractivity contribution in [2.24, 2.45) is 0 Å². The third kappa shape index (κ3) is 3.50. The zero-order valence-electron chi connectivity index (χ0n) is 16.3. The highest BCUT2D eigenvalue weighted by Crippen LogP contribution is 2.31. The Morgan fingerprint density at radius 1 is 1.11 bits per heavy atom. The van der Waals surface area contributed by atoms with Crippen molar-refractivity contribution in [3.05, 3.63) is 33.0 Å². The number of carbonyl (C=O) groups excluding carboxylic acids is 1. The van der Waals surface area contributed by atoms with Crippen LogP contribution in [0.1, 0.15) is 76.9 Å². The van der Waals surface area contributed by atoms with Gasteiger partial charge in [0.1, 0.15) is 11.6 Å². The van der Waals surface area contributed by atoms with E-state index in [4.69, 9.17) is 4.74 Å². The van der Waals surface area contributed by atoms with E-state index < -0.39 is 0 Å². The van der Waals surface area contributed by atoms with Gasteiger partial charge in [-0.15, -0.1) is 21.5 Å². The van der Waals surface area contributed by atoms with E-state index >= 15 is 0 Å². The van der Waals surface area contributed by atoms with Crippen LogP contribution in [-0.2, 0) is 30.5 Å². The highest BCUT2D eigenvalue weighted by molar-refractivity contribution is 7.10. The van der Waals surface area contributed by atoms with E-state index in [1.165, 1.54) is 23.3 Å². The third-order valence-corrected chi connectivity index (χ3v) is 7.59. The van der Waals surface area contributed by atoms with Crippen molar-refractivity contribution in [3.8, 4) is 0 Å². The first-order valence-electron chi connectivity index (χ1n) is 10.7. The molecule has 1 aliphatic carbocycles. The molecule has 2 aliphatic heterocycles. The number of aromatic nitrogens is 3. The van der Waals surface area contributed by atoms with E-state index in [1.54, 1.807) is 11.3 Å². The molecule has 0 aromatic carbocycles. The van der Waals surface area contributed by atoms with Gasteiger partial charge in [0.15, 0.2) is 0 Å². The van der Waals surface area contributed by atoms with E-state index in [2.05, 4.69) is 25.5 Å². The second-order valence-corrected chi connectivity index (χ2v) is 9.23. The van der Waals surface area contributed by atoms with Crippen molar-refractivity contribution in [2.45, 2.75) is 76.3 Å². The summed E-state index contributed by atoms with van der Waals surface area (Å²) in [4.78, 5) is 14.4. The van der Waals surface area contributed by atoms with Crippen molar-refractivity contribution in [2.75, 3.05) is 13.2 Å². The number of carbonyl (C=O) groups is 1. The standard InChI is InChI=1S/C21H28N4O2S/c26-21(17-13-28-18-4-2-1-3-16(17)18)22-15-5-6-19-23-24-20(25(19)10-7-15)14-8-11-27-12-9-14/h13-15H,1-12H2,(H,22,26). The molecule has 0 bridgehead atoms. The van der Waals surface area contributed by atoms with Gasteiger partial charge >= 0.3 is 0 Å². The lowest BCUT2D eigenvalue weighted by molar-refractivity contribution is 0.0826. The van der Waals surface area contributed by atoms with Gasteiger partial charge in [-0.1, -0.05) is 0 Å². The topological polar surface area (TPSA) is 69.0 Å². The summed E-state index contributed by atoms with van der Waals surface area (Å²) in [5, 5.41) is 14.4. The summed E-state index contributed by atoms with van der Waals surface area (Å²) in [5.74, 6) is 2.77. The molecule has 6 nitrogen and oxygen atoms in total. The second-order valence-electron chi connectivity index (χ2n) is 8.27. The zero-order valence-corrected chi connectivity index (χ0v) is 17.1. The highest BCUT2D eigenvalue weighted by atomic mass is 32.1. The van der Waals surface area contributed by atoms with E-state index in [0.29, 0.717) is 5.92 Å². The molecule has 1 fully saturated rings. The first kappa shape index (κ1) is 18.3. The molecule has 1 amide bonds. The summed E-state index contributed by atoms with van der Waals surface area (Å²) in [6, 6.07) is 0.205. The number of nitrogens with one attached hydrogen (secondary N) is 1. The lowest BCUT2D eigenvalue weighted by atomic mass is 9.95. The summed E-state index contributed by atoms with van der Waals surface area (Å²) < 4.78 is 7.81. The third-order valence-electron chi connectivity index (χ3n) is 6.50. The lowest BCUT2D eigenvalue weighted by Crippen LogP contribution is -2.35. The minimum absolute atomic E-state index is 0.117. The Labute approximate surface area is 169 Å². The summed E-state index contributed by atoms with van der Waals surface area (Å²) in [5.41, 5.74) is 2.23. The number of ether oxygens (including phenoxy) is 1. The fourth-order valence-corrected chi connectivity index (χ4v) is 5.99. The van der Waals surface area contributed by atoms with Crippen LogP contribution >= 0.6 is 11.3 Å². The van der Waals surface area contributed by atoms with Crippen molar-refractivity contribution in [1.82, 2.24) is 20.1 Å². The Balaban J connectivity index is 1.25. The lowest BCUT2D eigenvalue weighted by Gasteiger charge is -2.22. The van der Waals surface area contributed by atoms with Crippen LogP contribution in [0.2, 0.25) is 0 Å². The number of rotatable bonds is 3. The minimum atomic E-state index is 0.117. The number of hydrogen-bond donors (Lipinski definition) is 1. The fourth-order valence-electron chi connectivity index (χ4n) is 4.86. The number of amides is 1. The van der Waals surface area contributed by atoms with Gasteiger partial charge in [-0.05, 0) is 56.9 Å². The van der Waals surface area contributed by atoms with Crippen LogP contribution < -0.4 is 5.32 Å². The summed E-state index contributed by atoms with van der Waals surface area (Å²) in [6.07, 6.45) is 9.47. The Bertz CT molecular complexity index is 853. The molecular formula is C21H28N4O2S. The number of aryl methyl sites for hydroxylation is 2. The van der Waals surface area contributed by atoms with Gasteiger partial charge in [-0.25, -0.2) is 0 Å². The maximum absolute atomic E-state index is 12.9. The van der Waals surface area contributed by atoms with E-state index in [0.717, 1.165) is 81.9 Å². The smallest absolute Gasteiger partial charge is 0.252 e. The number of hydrogen-bond acceptors (Lipinski definition) is 5. The molecule has 3 aliphatic rings. The molecular weight excluding hydrogens is 372 g/mol. The van der Waals surface area contributed by atoms with Gasteiger partial charge in [0, 0.05) is 48.4 Å². The number of fused-ring (bicyclic) bond motifs is 2. The van der Waals surface area contributed by atoms with Gasteiger partial charge in [0.2, 0.25) is 0 Å². The van der Waals surface area contributed by atoms with Gasteiger partial charge in [0.25, 0.3) is 5.91 Å². The molecule has 1 atom stereocenters. The molecule has 150 valence electrons. The monoisotopic (exact) mass is 400 g/mol. The maximum Gasteiger partial charge on any atom is 0.252 e. The van der Waals surface area contributed by atoms with Gasteiger partial charge < -0.3 is 14.6 Å². The average Bonchev–Trinajstić information content (AvgIpc) is 3.30. The molecule has 1 saturated heterocycles. The quantitative estimate of drug-likeness (QED) is 0.859. The first-order valence-corrected chi connectivity index (χ1v) is 11.6. The largest absolute Gasteiger partial charge is 0.381 e. The van der Waals surface area contributed by atoms with Gasteiger partial charge in [-0.2, -0.15) is 0 Å². The SMILES string of the molecule is O=C(NC1CCc2nnc(C3CCOCC3)n2CC1)c1csc2c1CCCC2. The molecule has 0 spiro atoms. The molecule has 4 heterocycles. The summed E-state index contributed by atoms with van der Waals surface area (Å²) >= 11 is 1.76. The van der Waals surface area contributed by atoms with Crippen molar-refractivity contribution < 1.29 is 9.53 Å². The van der Waals surface area contributed by atoms with Crippen molar-refractivity contribution in [3.63, 3.8) is 0 Å². The predicted molar refractivity (Wildman–Crippen MR) is 108 cm³/mol. The second kappa shape index (κ2) is 7.95. The zero-order chi connectivity index (χ0) is 18.9. The predicted octanol–water partition coefficient (Wildman–Crippen LogP) is 3.25. The van der Waals surface area contributed by atoms with Crippen LogP contribution in [0.25, 0.3) is 0 Å². The van der Waals surface area contributed by atoms with Crippen LogP contribution in [0.15, 0.2) is 5.38 Å². The van der Waals surface area contributed by atoms with E-state index in [9.17, 15) is 4.79 Å². The first-order chi connectivity index (χ1) is 13.8. The Hall–Kier alpha value is -1.73. The average molecular weight is 401 g/mol.